The van der Waals surface area contributed by atoms with E-state index in [0.29, 0.717) is 11.0 Å². The third-order valence-corrected chi connectivity index (χ3v) is 3.39. The third-order valence-electron chi connectivity index (χ3n) is 2.79. The lowest BCUT2D eigenvalue weighted by Gasteiger charge is -2.09. The van der Waals surface area contributed by atoms with Crippen LogP contribution in [-0.4, -0.2) is 0 Å². The van der Waals surface area contributed by atoms with Gasteiger partial charge in [0.05, 0.1) is 11.0 Å². The van der Waals surface area contributed by atoms with Crippen molar-refractivity contribution in [1.82, 2.24) is 0 Å². The van der Waals surface area contributed by atoms with Crippen molar-refractivity contribution < 1.29 is 8.81 Å². The predicted octanol–water partition coefficient (Wildman–Crippen LogP) is 4.66. The number of aryl methyl sites for hydroxylation is 2. The molecule has 2 nitrogen and oxygen atoms in total. The molecule has 0 fully saturated rings. The summed E-state index contributed by atoms with van der Waals surface area (Å²) in [5.41, 5.74) is 1.77. The highest BCUT2D eigenvalue weighted by molar-refractivity contribution is 9.10. The van der Waals surface area contributed by atoms with Crippen LogP contribution in [0.4, 0.5) is 10.1 Å². The molecule has 0 radical (unpaired) electrons. The van der Waals surface area contributed by atoms with Crippen LogP contribution in [-0.2, 0) is 13.0 Å². The van der Waals surface area contributed by atoms with Crippen molar-refractivity contribution in [3.8, 4) is 0 Å². The number of furan rings is 1. The molecule has 0 aliphatic rings. The predicted molar refractivity (Wildman–Crippen MR) is 74.2 cm³/mol. The molecule has 4 heteroatoms. The number of rotatable bonds is 4. The Hall–Kier alpha value is -1.29. The van der Waals surface area contributed by atoms with Gasteiger partial charge >= 0.3 is 0 Å². The van der Waals surface area contributed by atoms with Crippen LogP contribution in [0.2, 0.25) is 0 Å². The smallest absolute Gasteiger partial charge is 0.139 e. The van der Waals surface area contributed by atoms with E-state index in [1.165, 1.54) is 6.07 Å². The topological polar surface area (TPSA) is 25.2 Å². The molecule has 2 aromatic rings. The van der Waals surface area contributed by atoms with Crippen LogP contribution in [0.25, 0.3) is 0 Å². The third kappa shape index (κ3) is 2.93. The minimum atomic E-state index is -0.267. The van der Waals surface area contributed by atoms with Crippen LogP contribution in [0.15, 0.2) is 33.2 Å². The van der Waals surface area contributed by atoms with Crippen LogP contribution in [0.3, 0.4) is 0 Å². The van der Waals surface area contributed by atoms with Gasteiger partial charge in [-0.1, -0.05) is 6.92 Å². The Morgan fingerprint density at radius 3 is 2.67 bits per heavy atom. The first-order valence-corrected chi connectivity index (χ1v) is 6.66. The highest BCUT2D eigenvalue weighted by Gasteiger charge is 2.06. The normalized spacial score (nSPS) is 10.7. The number of nitrogens with one attached hydrogen (secondary N) is 1. The first kappa shape index (κ1) is 13.1. The molecule has 0 atom stereocenters. The maximum Gasteiger partial charge on any atom is 0.139 e. The second-order valence-electron chi connectivity index (χ2n) is 4.16. The maximum absolute atomic E-state index is 13.4. The van der Waals surface area contributed by atoms with E-state index in [1.807, 2.05) is 26.0 Å². The molecule has 1 aromatic heterocycles. The molecule has 1 N–H and O–H groups in total. The number of hydrogen-bond acceptors (Lipinski definition) is 2. The van der Waals surface area contributed by atoms with Gasteiger partial charge in [0.1, 0.15) is 17.3 Å². The lowest BCUT2D eigenvalue weighted by molar-refractivity contribution is 0.476. The molecular formula is C14H15BrFNO. The summed E-state index contributed by atoms with van der Waals surface area (Å²) in [7, 11) is 0. The highest BCUT2D eigenvalue weighted by Crippen LogP contribution is 2.24. The summed E-state index contributed by atoms with van der Waals surface area (Å²) in [6, 6.07) is 7.16. The molecule has 1 heterocycles. The lowest BCUT2D eigenvalue weighted by Crippen LogP contribution is -2.01. The summed E-state index contributed by atoms with van der Waals surface area (Å²) in [4.78, 5) is 0. The second kappa shape index (κ2) is 5.57. The molecular weight excluding hydrogens is 297 g/mol. The summed E-state index contributed by atoms with van der Waals surface area (Å²) < 4.78 is 19.5. The molecule has 0 unspecified atom stereocenters. The molecule has 0 spiro atoms. The van der Waals surface area contributed by atoms with E-state index in [1.54, 1.807) is 6.07 Å². The SMILES string of the molecule is CCc1ccc(CNc2cc(F)c(Br)cc2C)o1. The van der Waals surface area contributed by atoms with Crippen molar-refractivity contribution >= 4 is 21.6 Å². The molecule has 2 rings (SSSR count). The fourth-order valence-electron chi connectivity index (χ4n) is 1.73. The monoisotopic (exact) mass is 311 g/mol. The maximum atomic E-state index is 13.4. The standard InChI is InChI=1S/C14H15BrFNO/c1-3-10-4-5-11(18-10)8-17-14-7-13(16)12(15)6-9(14)2/h4-7,17H,3,8H2,1-2H3. The molecule has 0 saturated carbocycles. The van der Waals surface area contributed by atoms with E-state index in [-0.39, 0.29) is 5.82 Å². The zero-order chi connectivity index (χ0) is 13.1. The average Bonchev–Trinajstić information content (AvgIpc) is 2.80. The Morgan fingerprint density at radius 2 is 2.00 bits per heavy atom. The van der Waals surface area contributed by atoms with Gasteiger partial charge in [-0.3, -0.25) is 0 Å². The molecule has 0 amide bonds. The molecule has 96 valence electrons. The summed E-state index contributed by atoms with van der Waals surface area (Å²) >= 11 is 3.17. The number of anilines is 1. The molecule has 0 saturated heterocycles. The minimum absolute atomic E-state index is 0.267. The number of benzene rings is 1. The van der Waals surface area contributed by atoms with Crippen LogP contribution in [0.1, 0.15) is 24.0 Å². The van der Waals surface area contributed by atoms with Gasteiger partial charge < -0.3 is 9.73 Å². The van der Waals surface area contributed by atoms with Crippen molar-refractivity contribution in [3.05, 3.63) is 51.6 Å². The highest BCUT2D eigenvalue weighted by atomic mass is 79.9. The average molecular weight is 312 g/mol. The molecule has 1 aromatic carbocycles. The van der Waals surface area contributed by atoms with Crippen molar-refractivity contribution in [1.29, 1.82) is 0 Å². The van der Waals surface area contributed by atoms with E-state index in [9.17, 15) is 4.39 Å². The lowest BCUT2D eigenvalue weighted by atomic mass is 10.2. The Balaban J connectivity index is 2.08. The van der Waals surface area contributed by atoms with Crippen LogP contribution >= 0.6 is 15.9 Å². The fourth-order valence-corrected chi connectivity index (χ4v) is 2.18. The van der Waals surface area contributed by atoms with Gasteiger partial charge in [-0.05, 0) is 52.7 Å². The first-order chi connectivity index (χ1) is 8.60. The zero-order valence-corrected chi connectivity index (χ0v) is 12.0. The van der Waals surface area contributed by atoms with Gasteiger partial charge in [0.25, 0.3) is 0 Å². The van der Waals surface area contributed by atoms with Gasteiger partial charge in [0, 0.05) is 12.1 Å². The molecule has 18 heavy (non-hydrogen) atoms. The summed E-state index contributed by atoms with van der Waals surface area (Å²) in [6.07, 6.45) is 0.881. The Kier molecular flexibility index (Phi) is 4.07. The van der Waals surface area contributed by atoms with Gasteiger partial charge in [-0.2, -0.15) is 0 Å². The Morgan fingerprint density at radius 1 is 1.28 bits per heavy atom. The summed E-state index contributed by atoms with van der Waals surface area (Å²) in [5, 5.41) is 3.18. The van der Waals surface area contributed by atoms with Gasteiger partial charge in [0.15, 0.2) is 0 Å². The molecule has 0 aliphatic carbocycles. The van der Waals surface area contributed by atoms with Crippen molar-refractivity contribution in [2.75, 3.05) is 5.32 Å². The summed E-state index contributed by atoms with van der Waals surface area (Å²) in [6.45, 7) is 4.54. The van der Waals surface area contributed by atoms with Gasteiger partial charge in [-0.25, -0.2) is 4.39 Å². The Labute approximate surface area is 114 Å². The van der Waals surface area contributed by atoms with E-state index in [2.05, 4.69) is 21.2 Å². The van der Waals surface area contributed by atoms with Crippen LogP contribution in [0, 0.1) is 12.7 Å². The Bertz CT molecular complexity index is 551. The second-order valence-corrected chi connectivity index (χ2v) is 5.01. The van der Waals surface area contributed by atoms with E-state index in [0.717, 1.165) is 29.2 Å². The minimum Gasteiger partial charge on any atom is -0.464 e. The van der Waals surface area contributed by atoms with E-state index in [4.69, 9.17) is 4.42 Å². The van der Waals surface area contributed by atoms with E-state index >= 15 is 0 Å². The van der Waals surface area contributed by atoms with Gasteiger partial charge in [0.2, 0.25) is 0 Å². The number of hydrogen-bond donors (Lipinski definition) is 1. The quantitative estimate of drug-likeness (QED) is 0.888. The van der Waals surface area contributed by atoms with Crippen molar-refractivity contribution in [2.45, 2.75) is 26.8 Å². The summed E-state index contributed by atoms with van der Waals surface area (Å²) in [5.74, 6) is 1.55. The van der Waals surface area contributed by atoms with Crippen LogP contribution in [0.5, 0.6) is 0 Å². The fraction of sp³-hybridized carbons (Fsp3) is 0.286. The number of halogens is 2. The molecule has 0 bridgehead atoms. The van der Waals surface area contributed by atoms with E-state index < -0.39 is 0 Å². The molecule has 0 aliphatic heterocycles. The van der Waals surface area contributed by atoms with Crippen LogP contribution < -0.4 is 5.32 Å². The largest absolute Gasteiger partial charge is 0.464 e. The zero-order valence-electron chi connectivity index (χ0n) is 10.4. The van der Waals surface area contributed by atoms with Gasteiger partial charge in [-0.15, -0.1) is 0 Å². The first-order valence-electron chi connectivity index (χ1n) is 5.87. The van der Waals surface area contributed by atoms with Crippen molar-refractivity contribution in [3.63, 3.8) is 0 Å². The van der Waals surface area contributed by atoms with Crippen molar-refractivity contribution in [2.24, 2.45) is 0 Å².